The van der Waals surface area contributed by atoms with Crippen molar-refractivity contribution in [2.75, 3.05) is 0 Å². The van der Waals surface area contributed by atoms with Crippen LogP contribution in [0, 0.1) is 20.2 Å². The van der Waals surface area contributed by atoms with Gasteiger partial charge in [0.25, 0.3) is 11.4 Å². The second-order valence-corrected chi connectivity index (χ2v) is 10.2. The van der Waals surface area contributed by atoms with Crippen LogP contribution < -0.4 is 0 Å². The Hall–Kier alpha value is -2.41. The van der Waals surface area contributed by atoms with Gasteiger partial charge in [0.2, 0.25) is 0 Å². The summed E-state index contributed by atoms with van der Waals surface area (Å²) in [5.74, 6) is 0. The van der Waals surface area contributed by atoms with E-state index in [9.17, 15) is 20.2 Å². The third-order valence-electron chi connectivity index (χ3n) is 4.16. The van der Waals surface area contributed by atoms with Gasteiger partial charge in [0.15, 0.2) is 0 Å². The van der Waals surface area contributed by atoms with Gasteiger partial charge in [-0.05, 0) is 12.8 Å². The maximum Gasteiger partial charge on any atom is 0.272 e. The molecule has 144 valence electrons. The van der Waals surface area contributed by atoms with E-state index in [1.165, 1.54) is 12.1 Å². The van der Waals surface area contributed by atoms with Crippen molar-refractivity contribution >= 4 is 23.1 Å². The zero-order chi connectivity index (χ0) is 20.2. The number of benzene rings is 2. The lowest BCUT2D eigenvalue weighted by Crippen LogP contribution is -2.30. The molecule has 0 aromatic heterocycles. The molecule has 0 N–H and O–H groups in total. The average Bonchev–Trinajstić information content (AvgIpc) is 2.53. The zero-order valence-electron chi connectivity index (χ0n) is 16.0. The third-order valence-corrected chi connectivity index (χ3v) is 5.56. The highest BCUT2D eigenvalue weighted by molar-refractivity contribution is 8.01. The molecule has 2 aromatic carbocycles. The molecule has 0 unspecified atom stereocenters. The van der Waals surface area contributed by atoms with E-state index in [0.717, 1.165) is 0 Å². The van der Waals surface area contributed by atoms with E-state index < -0.39 is 0 Å². The molecule has 0 heterocycles. The molecule has 0 saturated heterocycles. The predicted octanol–water partition coefficient (Wildman–Crippen LogP) is 5.58. The van der Waals surface area contributed by atoms with Crippen LogP contribution in [0.5, 0.6) is 0 Å². The van der Waals surface area contributed by atoms with Crippen LogP contribution in [0.2, 0.25) is 0 Å². The fourth-order valence-electron chi connectivity index (χ4n) is 3.41. The van der Waals surface area contributed by atoms with Gasteiger partial charge >= 0.3 is 0 Å². The first kappa shape index (κ1) is 20.9. The molecule has 2 rings (SSSR count). The molecule has 0 amide bonds. The van der Waals surface area contributed by atoms with Gasteiger partial charge in [0.05, 0.1) is 9.85 Å². The number of nitro benzene ring substituents is 2. The van der Waals surface area contributed by atoms with Crippen molar-refractivity contribution in [1.82, 2.24) is 0 Å². The first-order chi connectivity index (χ1) is 12.5. The van der Waals surface area contributed by atoms with Crippen LogP contribution in [0.15, 0.2) is 48.5 Å². The van der Waals surface area contributed by atoms with Gasteiger partial charge in [-0.1, -0.05) is 64.1 Å². The lowest BCUT2D eigenvalue weighted by atomic mass is 9.99. The highest BCUT2D eigenvalue weighted by Crippen LogP contribution is 2.42. The van der Waals surface area contributed by atoms with Crippen molar-refractivity contribution in [3.05, 3.63) is 79.9 Å². The first-order valence-electron chi connectivity index (χ1n) is 8.65. The van der Waals surface area contributed by atoms with E-state index in [4.69, 9.17) is 0 Å². The largest absolute Gasteiger partial charge is 0.272 e. The van der Waals surface area contributed by atoms with Crippen LogP contribution in [0.1, 0.15) is 38.8 Å². The predicted molar refractivity (Wildman–Crippen MR) is 109 cm³/mol. The summed E-state index contributed by atoms with van der Waals surface area (Å²) in [6, 6.07) is 13.6. The van der Waals surface area contributed by atoms with E-state index in [1.54, 1.807) is 36.0 Å². The van der Waals surface area contributed by atoms with E-state index in [1.807, 2.05) is 12.1 Å². The molecule has 0 aliphatic carbocycles. The monoisotopic (exact) mass is 388 g/mol. The number of hydrogen-bond donors (Lipinski definition) is 0. The van der Waals surface area contributed by atoms with Crippen molar-refractivity contribution < 1.29 is 9.85 Å². The molecule has 6 nitrogen and oxygen atoms in total. The smallest absolute Gasteiger partial charge is 0.258 e. The van der Waals surface area contributed by atoms with Gasteiger partial charge in [-0.25, -0.2) is 0 Å². The fourth-order valence-corrected chi connectivity index (χ4v) is 5.37. The third kappa shape index (κ3) is 5.79. The topological polar surface area (TPSA) is 86.3 Å². The minimum Gasteiger partial charge on any atom is -0.258 e. The zero-order valence-corrected chi connectivity index (χ0v) is 16.8. The Labute approximate surface area is 163 Å². The molecule has 0 aliphatic rings. The van der Waals surface area contributed by atoms with Gasteiger partial charge < -0.3 is 0 Å². The van der Waals surface area contributed by atoms with Crippen LogP contribution in [-0.2, 0) is 12.8 Å². The van der Waals surface area contributed by atoms with Crippen molar-refractivity contribution in [2.45, 2.75) is 50.0 Å². The summed E-state index contributed by atoms with van der Waals surface area (Å²) in [4.78, 5) is 21.8. The summed E-state index contributed by atoms with van der Waals surface area (Å²) in [7, 11) is 0. The fraction of sp³-hybridized carbons (Fsp3) is 0.400. The molecular formula is C20H24N2O4S. The Morgan fingerprint density at radius 3 is 1.41 bits per heavy atom. The maximum atomic E-state index is 11.3. The molecule has 2 aromatic rings. The molecule has 0 atom stereocenters. The van der Waals surface area contributed by atoms with Crippen molar-refractivity contribution in [3.8, 4) is 0 Å². The van der Waals surface area contributed by atoms with Gasteiger partial charge in [0, 0.05) is 32.8 Å². The molecule has 27 heavy (non-hydrogen) atoms. The summed E-state index contributed by atoms with van der Waals surface area (Å²) in [5, 5.41) is 22.5. The van der Waals surface area contributed by atoms with Crippen molar-refractivity contribution in [1.29, 1.82) is 0 Å². The van der Waals surface area contributed by atoms with E-state index in [-0.39, 0.29) is 30.7 Å². The standard InChI is InChI=1S/C20H24N2O4S/c1-19(2,13-15-9-5-7-11-17(15)21(23)24)27-20(3,4)14-16-10-6-8-12-18(16)22(25)26/h5-12H,13-14H2,1-4H3. The number of nitro groups is 2. The normalized spacial score (nSPS) is 12.0. The molecule has 0 radical (unpaired) electrons. The summed E-state index contributed by atoms with van der Waals surface area (Å²) in [6.07, 6.45) is 1.07. The van der Waals surface area contributed by atoms with E-state index in [0.29, 0.717) is 24.0 Å². The summed E-state index contributed by atoms with van der Waals surface area (Å²) >= 11 is 1.69. The Morgan fingerprint density at radius 2 is 1.07 bits per heavy atom. The Kier molecular flexibility index (Phi) is 6.26. The number of nitrogens with zero attached hydrogens (tertiary/aromatic N) is 2. The Morgan fingerprint density at radius 1 is 0.741 bits per heavy atom. The summed E-state index contributed by atoms with van der Waals surface area (Å²) in [6.45, 7) is 8.20. The average molecular weight is 388 g/mol. The minimum absolute atomic E-state index is 0.127. The van der Waals surface area contributed by atoms with Crippen molar-refractivity contribution in [2.24, 2.45) is 0 Å². The van der Waals surface area contributed by atoms with E-state index in [2.05, 4.69) is 27.7 Å². The summed E-state index contributed by atoms with van der Waals surface area (Å²) < 4.78 is -0.557. The summed E-state index contributed by atoms with van der Waals surface area (Å²) in [5.41, 5.74) is 1.65. The van der Waals surface area contributed by atoms with Crippen LogP contribution in [0.4, 0.5) is 11.4 Å². The Bertz CT molecular complexity index is 780. The molecule has 0 spiro atoms. The number of rotatable bonds is 8. The first-order valence-corrected chi connectivity index (χ1v) is 9.47. The van der Waals surface area contributed by atoms with Gasteiger partial charge in [-0.2, -0.15) is 0 Å². The van der Waals surface area contributed by atoms with Gasteiger partial charge in [-0.3, -0.25) is 20.2 Å². The van der Waals surface area contributed by atoms with Crippen LogP contribution in [0.3, 0.4) is 0 Å². The SMILES string of the molecule is CC(C)(Cc1ccccc1[N+](=O)[O-])SC(C)(C)Cc1ccccc1[N+](=O)[O-]. The quantitative estimate of drug-likeness (QED) is 0.435. The lowest BCUT2D eigenvalue weighted by Gasteiger charge is -2.34. The molecular weight excluding hydrogens is 364 g/mol. The highest BCUT2D eigenvalue weighted by atomic mass is 32.2. The Balaban J connectivity index is 2.19. The van der Waals surface area contributed by atoms with Gasteiger partial charge in [0.1, 0.15) is 0 Å². The number of thioether (sulfide) groups is 1. The maximum absolute atomic E-state index is 11.3. The molecule has 0 bridgehead atoms. The molecule has 0 aliphatic heterocycles. The molecule has 0 saturated carbocycles. The van der Waals surface area contributed by atoms with Crippen LogP contribution >= 0.6 is 11.8 Å². The minimum atomic E-state index is -0.353. The van der Waals surface area contributed by atoms with Gasteiger partial charge in [-0.15, -0.1) is 11.8 Å². The molecule has 0 fully saturated rings. The van der Waals surface area contributed by atoms with Crippen LogP contribution in [0.25, 0.3) is 0 Å². The highest BCUT2D eigenvalue weighted by Gasteiger charge is 2.33. The van der Waals surface area contributed by atoms with Crippen LogP contribution in [-0.4, -0.2) is 19.3 Å². The second kappa shape index (κ2) is 8.08. The van der Waals surface area contributed by atoms with Crippen molar-refractivity contribution in [3.63, 3.8) is 0 Å². The lowest BCUT2D eigenvalue weighted by molar-refractivity contribution is -0.385. The second-order valence-electron chi connectivity index (χ2n) is 7.75. The van der Waals surface area contributed by atoms with E-state index >= 15 is 0 Å². The number of hydrogen-bond acceptors (Lipinski definition) is 5. The molecule has 7 heteroatoms. The number of para-hydroxylation sites is 2.